The zero-order valence-corrected chi connectivity index (χ0v) is 9.30. The molecule has 0 aliphatic carbocycles. The van der Waals surface area contributed by atoms with Gasteiger partial charge in [-0.15, -0.1) is 0 Å². The van der Waals surface area contributed by atoms with Crippen LogP contribution in [0.1, 0.15) is 6.42 Å². The maximum Gasteiger partial charge on any atom is 0.400 e. The molecule has 0 N–H and O–H groups in total. The fraction of sp³-hybridized carbons (Fsp3) is 1.00. The maximum absolute atomic E-state index is 12.1. The molecule has 0 saturated carbocycles. The van der Waals surface area contributed by atoms with Gasteiger partial charge in [-0.2, -0.15) is 33.4 Å². The largest absolute Gasteiger partial charge is 0.400 e. The van der Waals surface area contributed by atoms with Crippen LogP contribution in [0.25, 0.3) is 0 Å². The third kappa shape index (κ3) is 6.50. The minimum absolute atomic E-state index is 0.363. The zero-order chi connectivity index (χ0) is 11.4. The molecule has 0 aromatic rings. The Morgan fingerprint density at radius 1 is 1.43 bits per heavy atom. The third-order valence-electron chi connectivity index (χ3n) is 1.33. The fourth-order valence-electron chi connectivity index (χ4n) is 0.722. The second kappa shape index (κ2) is 5.22. The molecule has 0 aromatic heterocycles. The monoisotopic (exact) mass is 252 g/mol. The highest BCUT2D eigenvalue weighted by atomic mass is 32.2. The summed E-state index contributed by atoms with van der Waals surface area (Å²) in [7, 11) is -3.65. The van der Waals surface area contributed by atoms with E-state index in [-0.39, 0.29) is 6.42 Å². The molecular weight excluding hydrogens is 241 g/mol. The lowest BCUT2D eigenvalue weighted by Crippen LogP contribution is -2.27. The summed E-state index contributed by atoms with van der Waals surface area (Å²) in [5.41, 5.74) is 0. The van der Waals surface area contributed by atoms with Crippen molar-refractivity contribution in [1.82, 2.24) is 0 Å². The molecule has 3 nitrogen and oxygen atoms in total. The average molecular weight is 252 g/mol. The Kier molecular flexibility index (Phi) is 5.24. The lowest BCUT2D eigenvalue weighted by Gasteiger charge is -2.17. The maximum atomic E-state index is 12.1. The van der Waals surface area contributed by atoms with Gasteiger partial charge in [0, 0.05) is 0 Å². The van der Waals surface area contributed by atoms with Crippen LogP contribution in [0.2, 0.25) is 0 Å². The van der Waals surface area contributed by atoms with Crippen molar-refractivity contribution in [3.8, 4) is 0 Å². The number of rotatable bonds is 5. The van der Waals surface area contributed by atoms with E-state index >= 15 is 0 Å². The van der Waals surface area contributed by atoms with Crippen LogP contribution in [0, 0.1) is 0 Å². The van der Waals surface area contributed by atoms with Crippen LogP contribution in [0.3, 0.4) is 0 Å². The smallest absolute Gasteiger partial charge is 0.270 e. The van der Waals surface area contributed by atoms with Gasteiger partial charge in [0.25, 0.3) is 10.1 Å². The molecular formula is C6H11F3O3S2. The first-order valence-electron chi connectivity index (χ1n) is 3.60. The second-order valence-electron chi connectivity index (χ2n) is 2.58. The fourth-order valence-corrected chi connectivity index (χ4v) is 1.72. The van der Waals surface area contributed by atoms with Gasteiger partial charge < -0.3 is 0 Å². The predicted molar refractivity (Wildman–Crippen MR) is 48.8 cm³/mol. The van der Waals surface area contributed by atoms with Crippen molar-refractivity contribution < 1.29 is 25.8 Å². The standard InChI is InChI=1S/C6H11F3O3S2/c1-13-5(6(7,8)9)3-4-12-14(2,10)11/h5H,3-4H2,1-2H3. The Balaban J connectivity index is 3.99. The molecule has 0 aliphatic heterocycles. The van der Waals surface area contributed by atoms with Gasteiger partial charge in [0.2, 0.25) is 0 Å². The van der Waals surface area contributed by atoms with Crippen molar-refractivity contribution in [2.75, 3.05) is 19.1 Å². The molecule has 0 heterocycles. The van der Waals surface area contributed by atoms with E-state index in [0.717, 1.165) is 6.26 Å². The highest BCUT2D eigenvalue weighted by molar-refractivity contribution is 7.99. The van der Waals surface area contributed by atoms with Crippen LogP contribution >= 0.6 is 11.8 Å². The number of alkyl halides is 3. The Labute approximate surface area is 85.1 Å². The van der Waals surface area contributed by atoms with Crippen LogP contribution < -0.4 is 0 Å². The zero-order valence-electron chi connectivity index (χ0n) is 7.67. The van der Waals surface area contributed by atoms with Crippen LogP contribution in [-0.2, 0) is 14.3 Å². The van der Waals surface area contributed by atoms with E-state index in [2.05, 4.69) is 4.18 Å². The van der Waals surface area contributed by atoms with Gasteiger partial charge in [-0.25, -0.2) is 0 Å². The number of hydrogen-bond donors (Lipinski definition) is 0. The van der Waals surface area contributed by atoms with Gasteiger partial charge >= 0.3 is 6.18 Å². The average Bonchev–Trinajstić information content (AvgIpc) is 1.93. The van der Waals surface area contributed by atoms with Crippen molar-refractivity contribution in [3.63, 3.8) is 0 Å². The van der Waals surface area contributed by atoms with Crippen LogP contribution in [0.5, 0.6) is 0 Å². The summed E-state index contributed by atoms with van der Waals surface area (Å²) in [5, 5.41) is -1.58. The van der Waals surface area contributed by atoms with E-state index in [1.54, 1.807) is 0 Å². The van der Waals surface area contributed by atoms with Crippen molar-refractivity contribution in [3.05, 3.63) is 0 Å². The van der Waals surface area contributed by atoms with E-state index in [1.165, 1.54) is 6.26 Å². The lowest BCUT2D eigenvalue weighted by molar-refractivity contribution is -0.130. The Hall–Kier alpha value is 0.0500. The molecule has 0 fully saturated rings. The molecule has 0 saturated heterocycles. The molecule has 0 bridgehead atoms. The van der Waals surface area contributed by atoms with E-state index < -0.39 is 28.2 Å². The first-order chi connectivity index (χ1) is 6.17. The Bertz CT molecular complexity index is 260. The summed E-state index contributed by atoms with van der Waals surface area (Å²) in [6, 6.07) is 0. The van der Waals surface area contributed by atoms with E-state index in [1.807, 2.05) is 0 Å². The SMILES string of the molecule is CSC(CCOS(C)(=O)=O)C(F)(F)F. The Morgan fingerprint density at radius 2 is 1.93 bits per heavy atom. The van der Waals surface area contributed by atoms with Crippen molar-refractivity contribution in [2.45, 2.75) is 17.8 Å². The number of thioether (sulfide) groups is 1. The van der Waals surface area contributed by atoms with Gasteiger partial charge in [-0.1, -0.05) is 0 Å². The summed E-state index contributed by atoms with van der Waals surface area (Å²) in [4.78, 5) is 0. The summed E-state index contributed by atoms with van der Waals surface area (Å²) < 4.78 is 61.4. The Morgan fingerprint density at radius 3 is 2.21 bits per heavy atom. The minimum Gasteiger partial charge on any atom is -0.270 e. The molecule has 0 rings (SSSR count). The molecule has 0 radical (unpaired) electrons. The molecule has 0 aromatic carbocycles. The molecule has 8 heteroatoms. The first-order valence-corrected chi connectivity index (χ1v) is 6.71. The quantitative estimate of drug-likeness (QED) is 0.698. The topological polar surface area (TPSA) is 43.4 Å². The molecule has 0 spiro atoms. The van der Waals surface area contributed by atoms with Crippen molar-refractivity contribution >= 4 is 21.9 Å². The predicted octanol–water partition coefficient (Wildman–Crippen LogP) is 1.65. The van der Waals surface area contributed by atoms with Crippen molar-refractivity contribution in [1.29, 1.82) is 0 Å². The summed E-state index contributed by atoms with van der Waals surface area (Å²) >= 11 is 0.628. The van der Waals surface area contributed by atoms with Gasteiger partial charge in [-0.3, -0.25) is 4.18 Å². The highest BCUT2D eigenvalue weighted by Crippen LogP contribution is 2.31. The van der Waals surface area contributed by atoms with E-state index in [9.17, 15) is 21.6 Å². The van der Waals surface area contributed by atoms with Gasteiger partial charge in [0.1, 0.15) is 5.25 Å². The molecule has 86 valence electrons. The molecule has 0 amide bonds. The van der Waals surface area contributed by atoms with Gasteiger partial charge in [0.15, 0.2) is 0 Å². The van der Waals surface area contributed by atoms with Crippen molar-refractivity contribution in [2.24, 2.45) is 0 Å². The van der Waals surface area contributed by atoms with E-state index in [0.29, 0.717) is 11.8 Å². The van der Waals surface area contributed by atoms with Crippen LogP contribution in [0.4, 0.5) is 13.2 Å². The second-order valence-corrected chi connectivity index (χ2v) is 5.27. The normalized spacial score (nSPS) is 15.5. The molecule has 1 unspecified atom stereocenters. The highest BCUT2D eigenvalue weighted by Gasteiger charge is 2.38. The summed E-state index contributed by atoms with van der Waals surface area (Å²) in [5.74, 6) is 0. The first kappa shape index (κ1) is 14.1. The van der Waals surface area contributed by atoms with Gasteiger partial charge in [0.05, 0.1) is 12.9 Å². The molecule has 0 aliphatic rings. The van der Waals surface area contributed by atoms with E-state index in [4.69, 9.17) is 0 Å². The number of halogens is 3. The molecule has 14 heavy (non-hydrogen) atoms. The lowest BCUT2D eigenvalue weighted by atomic mass is 10.3. The summed E-state index contributed by atoms with van der Waals surface area (Å²) in [6.07, 6.45) is -2.56. The number of hydrogen-bond acceptors (Lipinski definition) is 4. The molecule has 1 atom stereocenters. The van der Waals surface area contributed by atoms with Crippen LogP contribution in [-0.4, -0.2) is 39.0 Å². The van der Waals surface area contributed by atoms with Gasteiger partial charge in [-0.05, 0) is 12.7 Å². The van der Waals surface area contributed by atoms with Crippen LogP contribution in [0.15, 0.2) is 0 Å². The minimum atomic E-state index is -4.32. The summed E-state index contributed by atoms with van der Waals surface area (Å²) in [6.45, 7) is -0.441. The third-order valence-corrected chi connectivity index (χ3v) is 2.99.